The van der Waals surface area contributed by atoms with Crippen molar-refractivity contribution in [1.29, 1.82) is 0 Å². The molecule has 0 saturated carbocycles. The molecular weight excluding hydrogens is 360 g/mol. The molecule has 3 aromatic rings. The number of rotatable bonds is 0. The molecule has 2 aromatic carbocycles. The van der Waals surface area contributed by atoms with Gasteiger partial charge < -0.3 is 10.7 Å². The van der Waals surface area contributed by atoms with E-state index >= 15 is 0 Å². The number of aromatic nitrogens is 1. The zero-order chi connectivity index (χ0) is 12.9. The molecule has 0 amide bonds. The number of nitrogen functional groups attached to an aromatic ring is 1. The monoisotopic (exact) mass is 366 g/mol. The van der Waals surface area contributed by atoms with Gasteiger partial charge in [0, 0.05) is 25.4 Å². The summed E-state index contributed by atoms with van der Waals surface area (Å²) in [5.74, 6) is 0. The van der Waals surface area contributed by atoms with Crippen molar-refractivity contribution in [2.24, 2.45) is 0 Å². The van der Waals surface area contributed by atoms with Gasteiger partial charge in [-0.05, 0) is 29.7 Å². The van der Waals surface area contributed by atoms with Crippen molar-refractivity contribution < 1.29 is 0 Å². The van der Waals surface area contributed by atoms with E-state index in [0.29, 0.717) is 11.1 Å². The number of pyridine rings is 1. The predicted molar refractivity (Wildman–Crippen MR) is 81.9 cm³/mol. The van der Waals surface area contributed by atoms with Crippen LogP contribution in [0, 0.1) is 0 Å². The van der Waals surface area contributed by atoms with Crippen molar-refractivity contribution in [3.05, 3.63) is 49.6 Å². The molecule has 3 N–H and O–H groups in total. The Labute approximate surface area is 119 Å². The average molecular weight is 368 g/mol. The summed E-state index contributed by atoms with van der Waals surface area (Å²) in [5, 5.41) is 2.37. The van der Waals surface area contributed by atoms with Gasteiger partial charge in [-0.15, -0.1) is 0 Å². The maximum atomic E-state index is 12.0. The summed E-state index contributed by atoms with van der Waals surface area (Å²) in [4.78, 5) is 14.9. The van der Waals surface area contributed by atoms with Gasteiger partial charge in [0.1, 0.15) is 0 Å². The summed E-state index contributed by atoms with van der Waals surface area (Å²) in [6.45, 7) is 0. The molecule has 0 fully saturated rings. The Balaban J connectivity index is 2.65. The minimum atomic E-state index is -0.115. The number of fused-ring (bicyclic) bond motifs is 3. The molecule has 0 unspecified atom stereocenters. The molecule has 0 radical (unpaired) electrons. The van der Waals surface area contributed by atoms with Crippen molar-refractivity contribution in [2.75, 3.05) is 5.73 Å². The van der Waals surface area contributed by atoms with Crippen LogP contribution in [0.15, 0.2) is 44.1 Å². The van der Waals surface area contributed by atoms with Gasteiger partial charge in [0.05, 0.1) is 5.52 Å². The van der Waals surface area contributed by atoms with Gasteiger partial charge in [0.2, 0.25) is 0 Å². The Hall–Kier alpha value is -1.33. The van der Waals surface area contributed by atoms with Crippen LogP contribution < -0.4 is 11.3 Å². The molecular formula is C13H8Br2N2O. The topological polar surface area (TPSA) is 58.9 Å². The van der Waals surface area contributed by atoms with E-state index in [1.807, 2.05) is 24.3 Å². The molecule has 1 aromatic heterocycles. The number of aromatic amines is 1. The van der Waals surface area contributed by atoms with E-state index in [4.69, 9.17) is 5.73 Å². The number of hydrogen-bond donors (Lipinski definition) is 2. The van der Waals surface area contributed by atoms with Crippen LogP contribution in [0.4, 0.5) is 5.69 Å². The summed E-state index contributed by atoms with van der Waals surface area (Å²) in [6.07, 6.45) is 0. The van der Waals surface area contributed by atoms with E-state index in [2.05, 4.69) is 36.8 Å². The quantitative estimate of drug-likeness (QED) is 0.469. The third kappa shape index (κ3) is 1.74. The maximum Gasteiger partial charge on any atom is 0.256 e. The van der Waals surface area contributed by atoms with E-state index in [1.54, 1.807) is 6.07 Å². The lowest BCUT2D eigenvalue weighted by atomic mass is 10.1. The fraction of sp³-hybridized carbons (Fsp3) is 0. The Kier molecular flexibility index (Phi) is 2.68. The standard InChI is InChI=1S/C13H8Br2N2O/c14-6-1-2-8-9(3-6)13(18)17-11-5-7(15)4-10(16)12(8)11/h1-5H,16H2,(H,17,18). The highest BCUT2D eigenvalue weighted by molar-refractivity contribution is 9.10. The van der Waals surface area contributed by atoms with Crippen molar-refractivity contribution in [3.63, 3.8) is 0 Å². The van der Waals surface area contributed by atoms with Crippen molar-refractivity contribution in [2.45, 2.75) is 0 Å². The third-order valence-electron chi connectivity index (χ3n) is 2.88. The van der Waals surface area contributed by atoms with Crippen LogP contribution >= 0.6 is 31.9 Å². The molecule has 90 valence electrons. The molecule has 0 aliphatic rings. The predicted octanol–water partition coefficient (Wildman–Crippen LogP) is 3.79. The fourth-order valence-corrected chi connectivity index (χ4v) is 2.98. The van der Waals surface area contributed by atoms with Crippen LogP contribution in [0.3, 0.4) is 0 Å². The molecule has 5 heteroatoms. The van der Waals surface area contributed by atoms with Gasteiger partial charge in [-0.25, -0.2) is 0 Å². The highest BCUT2D eigenvalue weighted by Gasteiger charge is 2.09. The summed E-state index contributed by atoms with van der Waals surface area (Å²) in [6, 6.07) is 9.30. The molecule has 3 rings (SSSR count). The Bertz CT molecular complexity index is 840. The van der Waals surface area contributed by atoms with Crippen LogP contribution in [0.1, 0.15) is 0 Å². The zero-order valence-corrected chi connectivity index (χ0v) is 12.3. The molecule has 0 aliphatic carbocycles. The van der Waals surface area contributed by atoms with E-state index in [0.717, 1.165) is 25.2 Å². The molecule has 0 bridgehead atoms. The number of H-pyrrole nitrogens is 1. The van der Waals surface area contributed by atoms with Gasteiger partial charge in [0.25, 0.3) is 5.56 Å². The third-order valence-corrected chi connectivity index (χ3v) is 3.83. The molecule has 1 heterocycles. The number of benzene rings is 2. The molecule has 0 atom stereocenters. The first-order chi connectivity index (χ1) is 8.56. The van der Waals surface area contributed by atoms with Crippen LogP contribution in [-0.4, -0.2) is 4.98 Å². The molecule has 0 saturated heterocycles. The second-order valence-electron chi connectivity index (χ2n) is 4.06. The zero-order valence-electron chi connectivity index (χ0n) is 9.13. The average Bonchev–Trinajstić information content (AvgIpc) is 2.29. The highest BCUT2D eigenvalue weighted by Crippen LogP contribution is 2.30. The van der Waals surface area contributed by atoms with Gasteiger partial charge in [-0.2, -0.15) is 0 Å². The van der Waals surface area contributed by atoms with Gasteiger partial charge >= 0.3 is 0 Å². The SMILES string of the molecule is Nc1cc(Br)cc2[nH]c(=O)c3cc(Br)ccc3c12. The van der Waals surface area contributed by atoms with Crippen molar-refractivity contribution in [3.8, 4) is 0 Å². The lowest BCUT2D eigenvalue weighted by Crippen LogP contribution is -2.07. The van der Waals surface area contributed by atoms with Gasteiger partial charge in [-0.1, -0.05) is 37.9 Å². The van der Waals surface area contributed by atoms with Crippen LogP contribution in [0.5, 0.6) is 0 Å². The molecule has 18 heavy (non-hydrogen) atoms. The maximum absolute atomic E-state index is 12.0. The first kappa shape index (κ1) is 11.7. The number of hydrogen-bond acceptors (Lipinski definition) is 2. The molecule has 0 spiro atoms. The minimum Gasteiger partial charge on any atom is -0.398 e. The Morgan fingerprint density at radius 2 is 1.78 bits per heavy atom. The van der Waals surface area contributed by atoms with E-state index in [1.165, 1.54) is 0 Å². The second kappa shape index (κ2) is 4.10. The Morgan fingerprint density at radius 1 is 1.00 bits per heavy atom. The lowest BCUT2D eigenvalue weighted by molar-refractivity contribution is 1.34. The lowest BCUT2D eigenvalue weighted by Gasteiger charge is -2.07. The summed E-state index contributed by atoms with van der Waals surface area (Å²) in [5.41, 5.74) is 7.31. The summed E-state index contributed by atoms with van der Waals surface area (Å²) < 4.78 is 1.72. The van der Waals surface area contributed by atoms with Crippen molar-refractivity contribution in [1.82, 2.24) is 4.98 Å². The van der Waals surface area contributed by atoms with Crippen LogP contribution in [-0.2, 0) is 0 Å². The summed E-state index contributed by atoms with van der Waals surface area (Å²) in [7, 11) is 0. The second-order valence-corrected chi connectivity index (χ2v) is 5.89. The number of halogens is 2. The normalized spacial score (nSPS) is 11.2. The van der Waals surface area contributed by atoms with E-state index < -0.39 is 0 Å². The number of nitrogens with one attached hydrogen (secondary N) is 1. The summed E-state index contributed by atoms with van der Waals surface area (Å²) >= 11 is 6.74. The molecule has 3 nitrogen and oxygen atoms in total. The minimum absolute atomic E-state index is 0.115. The first-order valence-corrected chi connectivity index (χ1v) is 6.85. The fourth-order valence-electron chi connectivity index (χ4n) is 2.14. The first-order valence-electron chi connectivity index (χ1n) is 5.26. The largest absolute Gasteiger partial charge is 0.398 e. The Morgan fingerprint density at radius 3 is 2.56 bits per heavy atom. The van der Waals surface area contributed by atoms with E-state index in [9.17, 15) is 4.79 Å². The number of anilines is 1. The highest BCUT2D eigenvalue weighted by atomic mass is 79.9. The van der Waals surface area contributed by atoms with Gasteiger partial charge in [0.15, 0.2) is 0 Å². The van der Waals surface area contributed by atoms with Crippen LogP contribution in [0.2, 0.25) is 0 Å². The van der Waals surface area contributed by atoms with Crippen LogP contribution in [0.25, 0.3) is 21.7 Å². The number of nitrogens with two attached hydrogens (primary N) is 1. The smallest absolute Gasteiger partial charge is 0.256 e. The van der Waals surface area contributed by atoms with Gasteiger partial charge in [-0.3, -0.25) is 4.79 Å². The molecule has 0 aliphatic heterocycles. The van der Waals surface area contributed by atoms with E-state index in [-0.39, 0.29) is 5.56 Å². The van der Waals surface area contributed by atoms with Crippen molar-refractivity contribution >= 4 is 59.2 Å².